The number of imidazole rings is 1. The maximum absolute atomic E-state index is 13.1. The molecular weight excluding hydrogens is 480 g/mol. The zero-order valence-electron chi connectivity index (χ0n) is 16.8. The summed E-state index contributed by atoms with van der Waals surface area (Å²) < 4.78 is 6.91. The standard InChI is InChI=1S/C16H18N8O5S3/c1-23-15(20-21-22-23)32-6-8-5-30-13-16(29-2,12(28)24(13)10(8)11(26)27)19-9(25)7-31-14-17-3-4-18-14/h3-4,13H,5-7H2,1-2H3,(H,17,18)(H,19,25)(H,26,27)/t13-,16-/m0/s1. The molecule has 4 heterocycles. The van der Waals surface area contributed by atoms with Crippen molar-refractivity contribution in [2.24, 2.45) is 7.05 Å². The first-order chi connectivity index (χ1) is 15.4. The van der Waals surface area contributed by atoms with Crippen LogP contribution < -0.4 is 5.32 Å². The van der Waals surface area contributed by atoms with Gasteiger partial charge in [0.1, 0.15) is 11.1 Å². The van der Waals surface area contributed by atoms with Gasteiger partial charge in [0.2, 0.25) is 11.1 Å². The maximum atomic E-state index is 13.1. The van der Waals surface area contributed by atoms with E-state index < -0.39 is 28.9 Å². The number of methoxy groups -OCH3 is 1. The van der Waals surface area contributed by atoms with Crippen molar-refractivity contribution in [3.63, 3.8) is 0 Å². The monoisotopic (exact) mass is 498 g/mol. The Hall–Kier alpha value is -2.56. The van der Waals surface area contributed by atoms with Gasteiger partial charge in [-0.1, -0.05) is 23.5 Å². The normalized spacial score (nSPS) is 22.5. The van der Waals surface area contributed by atoms with Crippen LogP contribution in [0.2, 0.25) is 0 Å². The van der Waals surface area contributed by atoms with Crippen LogP contribution in [-0.2, 0) is 26.2 Å². The van der Waals surface area contributed by atoms with Crippen LogP contribution in [0.1, 0.15) is 0 Å². The Morgan fingerprint density at radius 3 is 2.91 bits per heavy atom. The molecule has 2 atom stereocenters. The number of aryl methyl sites for hydroxylation is 1. The topological polar surface area (TPSA) is 168 Å². The summed E-state index contributed by atoms with van der Waals surface area (Å²) in [6, 6.07) is 0. The summed E-state index contributed by atoms with van der Waals surface area (Å²) in [5, 5.41) is 24.0. The smallest absolute Gasteiger partial charge is 0.352 e. The molecule has 16 heteroatoms. The van der Waals surface area contributed by atoms with Gasteiger partial charge in [0.05, 0.1) is 5.75 Å². The van der Waals surface area contributed by atoms with E-state index in [0.29, 0.717) is 27.4 Å². The van der Waals surface area contributed by atoms with Crippen LogP contribution in [0.25, 0.3) is 0 Å². The fourth-order valence-electron chi connectivity index (χ4n) is 3.26. The third kappa shape index (κ3) is 3.98. The molecule has 2 aliphatic heterocycles. The Bertz CT molecular complexity index is 1070. The maximum Gasteiger partial charge on any atom is 0.352 e. The van der Waals surface area contributed by atoms with E-state index in [9.17, 15) is 19.5 Å². The van der Waals surface area contributed by atoms with Gasteiger partial charge in [-0.05, 0) is 16.0 Å². The highest BCUT2D eigenvalue weighted by Crippen LogP contribution is 2.47. The van der Waals surface area contributed by atoms with Crippen LogP contribution in [0.5, 0.6) is 0 Å². The molecule has 0 aromatic carbocycles. The van der Waals surface area contributed by atoms with Gasteiger partial charge >= 0.3 is 5.97 Å². The zero-order valence-corrected chi connectivity index (χ0v) is 19.3. The van der Waals surface area contributed by atoms with E-state index in [2.05, 4.69) is 30.8 Å². The minimum absolute atomic E-state index is 0.0124. The molecule has 0 spiro atoms. The van der Waals surface area contributed by atoms with Crippen LogP contribution in [0.15, 0.2) is 34.0 Å². The summed E-state index contributed by atoms with van der Waals surface area (Å²) in [6.07, 6.45) is 3.21. The third-order valence-electron chi connectivity index (χ3n) is 4.73. The number of ether oxygens (including phenoxy) is 1. The summed E-state index contributed by atoms with van der Waals surface area (Å²) >= 11 is 3.77. The van der Waals surface area contributed by atoms with E-state index >= 15 is 0 Å². The van der Waals surface area contributed by atoms with E-state index in [1.165, 1.54) is 52.0 Å². The molecule has 13 nitrogen and oxygen atoms in total. The molecule has 0 bridgehead atoms. The van der Waals surface area contributed by atoms with E-state index in [1.54, 1.807) is 19.4 Å². The second kappa shape index (κ2) is 9.13. The zero-order chi connectivity index (χ0) is 22.9. The van der Waals surface area contributed by atoms with E-state index in [4.69, 9.17) is 4.74 Å². The Morgan fingerprint density at radius 1 is 1.47 bits per heavy atom. The molecule has 2 amide bonds. The first kappa shape index (κ1) is 22.6. The lowest BCUT2D eigenvalue weighted by molar-refractivity contribution is -0.192. The molecule has 3 N–H and O–H groups in total. The Balaban J connectivity index is 1.49. The number of carbonyl (C=O) groups excluding carboxylic acids is 2. The van der Waals surface area contributed by atoms with Crippen molar-refractivity contribution >= 4 is 53.1 Å². The number of carboxylic acid groups (broad SMARTS) is 1. The highest BCUT2D eigenvalue weighted by Gasteiger charge is 2.66. The van der Waals surface area contributed by atoms with Crippen LogP contribution in [-0.4, -0.2) is 93.4 Å². The fraction of sp³-hybridized carbons (Fsp3) is 0.438. The second-order valence-corrected chi connectivity index (χ2v) is 9.62. The number of aromatic amines is 1. The lowest BCUT2D eigenvalue weighted by atomic mass is 9.98. The summed E-state index contributed by atoms with van der Waals surface area (Å²) in [7, 11) is 2.99. The van der Waals surface area contributed by atoms with Gasteiger partial charge in [-0.3, -0.25) is 14.5 Å². The number of nitrogens with one attached hydrogen (secondary N) is 2. The van der Waals surface area contributed by atoms with Gasteiger partial charge in [-0.2, -0.15) is 0 Å². The number of thioether (sulfide) groups is 3. The number of tetrazole rings is 1. The number of hydrogen-bond acceptors (Lipinski definition) is 11. The van der Waals surface area contributed by atoms with Crippen molar-refractivity contribution in [1.29, 1.82) is 0 Å². The van der Waals surface area contributed by atoms with Gasteiger partial charge in [0.15, 0.2) is 5.16 Å². The Labute approximate surface area is 194 Å². The van der Waals surface area contributed by atoms with E-state index in [1.807, 2.05) is 0 Å². The molecule has 170 valence electrons. The average molecular weight is 499 g/mol. The number of hydrogen-bond donors (Lipinski definition) is 3. The van der Waals surface area contributed by atoms with Crippen LogP contribution in [0.3, 0.4) is 0 Å². The van der Waals surface area contributed by atoms with Gasteiger partial charge in [-0.15, -0.1) is 16.9 Å². The van der Waals surface area contributed by atoms with Crippen molar-refractivity contribution in [1.82, 2.24) is 40.4 Å². The number of H-pyrrole nitrogens is 1. The van der Waals surface area contributed by atoms with Gasteiger partial charge in [0.25, 0.3) is 11.6 Å². The first-order valence-electron chi connectivity index (χ1n) is 9.11. The number of aliphatic carboxylic acids is 1. The molecule has 0 saturated carbocycles. The van der Waals surface area contributed by atoms with E-state index in [-0.39, 0.29) is 11.4 Å². The summed E-state index contributed by atoms with van der Waals surface area (Å²) in [5.74, 6) is -1.63. The number of rotatable bonds is 9. The average Bonchev–Trinajstić information content (AvgIpc) is 3.45. The number of carboxylic acids is 1. The Morgan fingerprint density at radius 2 is 2.28 bits per heavy atom. The number of aromatic nitrogens is 6. The summed E-state index contributed by atoms with van der Waals surface area (Å²) in [4.78, 5) is 45.7. The number of β-lactam (4-membered cyclic amide) rings is 1. The van der Waals surface area contributed by atoms with Crippen molar-refractivity contribution in [3.05, 3.63) is 23.7 Å². The van der Waals surface area contributed by atoms with Crippen LogP contribution in [0.4, 0.5) is 0 Å². The number of nitrogens with zero attached hydrogens (tertiary/aromatic N) is 6. The SMILES string of the molecule is CO[C@@]1(NC(=O)CSc2ncc[nH]2)C(=O)N2C(C(=O)O)=C(CSc3nnnn3C)CS[C@H]21. The molecule has 0 aliphatic carbocycles. The largest absolute Gasteiger partial charge is 0.477 e. The molecule has 2 aromatic rings. The molecule has 2 aliphatic rings. The highest BCUT2D eigenvalue weighted by atomic mass is 32.2. The Kier molecular flexibility index (Phi) is 6.45. The number of fused-ring (bicyclic) bond motifs is 1. The van der Waals surface area contributed by atoms with Crippen molar-refractivity contribution in [2.45, 2.75) is 21.4 Å². The van der Waals surface area contributed by atoms with Crippen molar-refractivity contribution in [3.8, 4) is 0 Å². The lowest BCUT2D eigenvalue weighted by Gasteiger charge is -2.55. The van der Waals surface area contributed by atoms with Gasteiger partial charge in [-0.25, -0.2) is 14.5 Å². The minimum Gasteiger partial charge on any atom is -0.477 e. The first-order valence-corrected chi connectivity index (χ1v) is 12.1. The number of amides is 2. The second-order valence-electron chi connectivity index (χ2n) is 6.64. The predicted molar refractivity (Wildman–Crippen MR) is 114 cm³/mol. The summed E-state index contributed by atoms with van der Waals surface area (Å²) in [6.45, 7) is 0. The molecular formula is C16H18N8O5S3. The molecule has 32 heavy (non-hydrogen) atoms. The molecule has 0 unspecified atom stereocenters. The summed E-state index contributed by atoms with van der Waals surface area (Å²) in [5.41, 5.74) is -1.17. The molecule has 2 aromatic heterocycles. The van der Waals surface area contributed by atoms with Crippen molar-refractivity contribution in [2.75, 3.05) is 24.4 Å². The van der Waals surface area contributed by atoms with E-state index in [0.717, 1.165) is 0 Å². The van der Waals surface area contributed by atoms with Gasteiger partial charge in [0, 0.05) is 38.1 Å². The third-order valence-corrected chi connectivity index (χ3v) is 8.10. The quantitative estimate of drug-likeness (QED) is 0.231. The fourth-order valence-corrected chi connectivity index (χ4v) is 6.31. The molecule has 1 fully saturated rings. The predicted octanol–water partition coefficient (Wildman–Crippen LogP) is -0.470. The van der Waals surface area contributed by atoms with Crippen molar-refractivity contribution < 1.29 is 24.2 Å². The van der Waals surface area contributed by atoms with Crippen LogP contribution in [0, 0.1) is 0 Å². The minimum atomic E-state index is -1.63. The highest BCUT2D eigenvalue weighted by molar-refractivity contribution is 8.01. The molecule has 1 saturated heterocycles. The molecule has 4 rings (SSSR count). The number of carbonyl (C=O) groups is 3. The lowest BCUT2D eigenvalue weighted by Crippen LogP contribution is -2.80. The van der Waals surface area contributed by atoms with Gasteiger partial charge < -0.3 is 20.1 Å². The van der Waals surface area contributed by atoms with Crippen LogP contribution >= 0.6 is 35.3 Å². The molecule has 0 radical (unpaired) electrons.